The van der Waals surface area contributed by atoms with E-state index in [0.717, 1.165) is 0 Å². The lowest BCUT2D eigenvalue weighted by Gasteiger charge is -2.38. The number of hydrogen-bond donors (Lipinski definition) is 1. The van der Waals surface area contributed by atoms with E-state index in [1.165, 1.54) is 11.1 Å². The molecule has 0 fully saturated rings. The van der Waals surface area contributed by atoms with Gasteiger partial charge in [-0.25, -0.2) is 9.78 Å². The van der Waals surface area contributed by atoms with Crippen molar-refractivity contribution in [1.29, 1.82) is 0 Å². The molecule has 0 aromatic carbocycles. The Bertz CT molecular complexity index is 520. The molecule has 8 heteroatoms. The summed E-state index contributed by atoms with van der Waals surface area (Å²) in [6, 6.07) is 2.64. The van der Waals surface area contributed by atoms with Crippen LogP contribution in [-0.4, -0.2) is 35.1 Å². The molecule has 1 aromatic heterocycles. The van der Waals surface area contributed by atoms with Crippen LogP contribution in [0, 0.1) is 0 Å². The van der Waals surface area contributed by atoms with E-state index < -0.39 is 23.6 Å². The molecule has 0 atom stereocenters. The fourth-order valence-corrected chi connectivity index (χ4v) is 1.96. The molecule has 0 spiro atoms. The molecule has 1 aliphatic heterocycles. The van der Waals surface area contributed by atoms with Gasteiger partial charge in [0.2, 0.25) is 0 Å². The molecule has 5 nitrogen and oxygen atoms in total. The van der Waals surface area contributed by atoms with E-state index >= 15 is 0 Å². The largest absolute Gasteiger partial charge is 0.482 e. The van der Waals surface area contributed by atoms with Gasteiger partial charge in [0.1, 0.15) is 5.60 Å². The minimum atomic E-state index is -3.48. The number of fused-ring (bicyclic) bond motifs is 1. The highest BCUT2D eigenvalue weighted by Crippen LogP contribution is 2.34. The number of carbonyl (C=O) groups is 1. The Balaban J connectivity index is 2.20. The summed E-state index contributed by atoms with van der Waals surface area (Å²) < 4.78 is 30.9. The van der Waals surface area contributed by atoms with Crippen molar-refractivity contribution in [2.24, 2.45) is 0 Å². The molecule has 2 heterocycles. The van der Waals surface area contributed by atoms with Crippen LogP contribution in [0.2, 0.25) is 0 Å². The molecule has 2 rings (SSSR count). The van der Waals surface area contributed by atoms with E-state index in [9.17, 15) is 13.6 Å². The van der Waals surface area contributed by atoms with E-state index in [2.05, 4.69) is 10.3 Å². The monoisotopic (exact) mass is 305 g/mol. The molecule has 20 heavy (non-hydrogen) atoms. The number of urea groups is 1. The van der Waals surface area contributed by atoms with Crippen molar-refractivity contribution < 1.29 is 18.3 Å². The zero-order valence-electron chi connectivity index (χ0n) is 11.0. The molecule has 0 unspecified atom stereocenters. The number of anilines is 1. The average Bonchev–Trinajstić information content (AvgIpc) is 2.33. The molecule has 2 amide bonds. The summed E-state index contributed by atoms with van der Waals surface area (Å²) in [5, 5.41) is -1.40. The van der Waals surface area contributed by atoms with Gasteiger partial charge >= 0.3 is 11.4 Å². The van der Waals surface area contributed by atoms with Gasteiger partial charge in [0, 0.05) is 6.20 Å². The lowest BCUT2D eigenvalue weighted by molar-refractivity contribution is 0.0942. The molecule has 0 saturated carbocycles. The maximum atomic E-state index is 12.6. The maximum Gasteiger partial charge on any atom is 0.338 e. The summed E-state index contributed by atoms with van der Waals surface area (Å²) in [6.07, 6.45) is 1.50. The molecule has 0 bridgehead atoms. The molecule has 1 aromatic rings. The number of alkyl halides is 3. The predicted molar refractivity (Wildman–Crippen MR) is 70.5 cm³/mol. The number of aromatic nitrogens is 1. The number of nitrogens with zero attached hydrogens (tertiary/aromatic N) is 2. The predicted octanol–water partition coefficient (Wildman–Crippen LogP) is 2.60. The zero-order valence-corrected chi connectivity index (χ0v) is 11.7. The van der Waals surface area contributed by atoms with Crippen LogP contribution in [0.1, 0.15) is 13.8 Å². The number of halogens is 3. The Morgan fingerprint density at radius 3 is 3.00 bits per heavy atom. The third-order valence-corrected chi connectivity index (χ3v) is 2.75. The van der Waals surface area contributed by atoms with E-state index in [4.69, 9.17) is 16.3 Å². The molecule has 0 saturated heterocycles. The van der Waals surface area contributed by atoms with Crippen LogP contribution in [0.3, 0.4) is 0 Å². The van der Waals surface area contributed by atoms with Crippen molar-refractivity contribution in [2.75, 3.05) is 18.0 Å². The van der Waals surface area contributed by atoms with E-state index in [0.29, 0.717) is 11.6 Å². The van der Waals surface area contributed by atoms with E-state index in [-0.39, 0.29) is 6.54 Å². The Hall–Kier alpha value is -1.63. The van der Waals surface area contributed by atoms with Gasteiger partial charge in [0.05, 0.1) is 13.1 Å². The van der Waals surface area contributed by atoms with Crippen molar-refractivity contribution in [3.63, 3.8) is 0 Å². The number of hydrogen-bond acceptors (Lipinski definition) is 3. The molecule has 1 N–H and O–H groups in total. The molecular weight excluding hydrogens is 292 g/mol. The summed E-state index contributed by atoms with van der Waals surface area (Å²) in [6.45, 7) is 2.82. The highest BCUT2D eigenvalue weighted by Gasteiger charge is 2.36. The third-order valence-electron chi connectivity index (χ3n) is 2.62. The normalized spacial score (nSPS) is 17.1. The van der Waals surface area contributed by atoms with Crippen LogP contribution in [-0.2, 0) is 0 Å². The second-order valence-corrected chi connectivity index (χ2v) is 5.60. The number of carbonyl (C=O) groups excluding carboxylic acids is 1. The summed E-state index contributed by atoms with van der Waals surface area (Å²) in [5.74, 6) is 0.721. The topological polar surface area (TPSA) is 54.5 Å². The van der Waals surface area contributed by atoms with Crippen LogP contribution in [0.25, 0.3) is 0 Å². The van der Waals surface area contributed by atoms with Crippen molar-refractivity contribution in [3.8, 4) is 5.75 Å². The van der Waals surface area contributed by atoms with Gasteiger partial charge in [-0.15, -0.1) is 0 Å². The zero-order chi connectivity index (χ0) is 15.0. The quantitative estimate of drug-likeness (QED) is 0.855. The van der Waals surface area contributed by atoms with Crippen molar-refractivity contribution in [1.82, 2.24) is 10.3 Å². The number of ether oxygens (including phenoxy) is 1. The number of pyridine rings is 1. The highest BCUT2D eigenvalue weighted by molar-refractivity contribution is 6.22. The average molecular weight is 306 g/mol. The lowest BCUT2D eigenvalue weighted by Crippen LogP contribution is -2.53. The van der Waals surface area contributed by atoms with Crippen LogP contribution >= 0.6 is 11.6 Å². The fourth-order valence-electron chi connectivity index (χ4n) is 1.89. The Morgan fingerprint density at radius 2 is 2.35 bits per heavy atom. The summed E-state index contributed by atoms with van der Waals surface area (Å²) in [7, 11) is 0. The van der Waals surface area contributed by atoms with E-state index in [1.807, 2.05) is 0 Å². The second-order valence-electron chi connectivity index (χ2n) is 5.05. The minimum Gasteiger partial charge on any atom is -0.482 e. The minimum absolute atomic E-state index is 0.191. The lowest BCUT2D eigenvalue weighted by atomic mass is 10.1. The van der Waals surface area contributed by atoms with Crippen molar-refractivity contribution >= 4 is 23.4 Å². The van der Waals surface area contributed by atoms with Crippen LogP contribution < -0.4 is 15.0 Å². The first-order valence-corrected chi connectivity index (χ1v) is 6.32. The van der Waals surface area contributed by atoms with Crippen molar-refractivity contribution in [3.05, 3.63) is 18.3 Å². The van der Waals surface area contributed by atoms with Gasteiger partial charge in [-0.05, 0) is 37.6 Å². The standard InChI is InChI=1S/C12H14ClF2N3O2/c1-11(2)7-18(10(19)17-6-12(13,14)15)9-8(20-11)4-3-5-16-9/h3-5H,6-7H2,1-2H3,(H,17,19). The van der Waals surface area contributed by atoms with E-state index in [1.54, 1.807) is 26.0 Å². The van der Waals surface area contributed by atoms with Crippen LogP contribution in [0.15, 0.2) is 18.3 Å². The van der Waals surface area contributed by atoms with Crippen LogP contribution in [0.5, 0.6) is 5.75 Å². The number of nitrogens with one attached hydrogen (secondary N) is 1. The highest BCUT2D eigenvalue weighted by atomic mass is 35.5. The van der Waals surface area contributed by atoms with Gasteiger partial charge < -0.3 is 10.1 Å². The van der Waals surface area contributed by atoms with Gasteiger partial charge in [0.25, 0.3) is 0 Å². The summed E-state index contributed by atoms with van der Waals surface area (Å²) >= 11 is 4.77. The van der Waals surface area contributed by atoms with Gasteiger partial charge in [-0.3, -0.25) is 4.90 Å². The molecule has 0 radical (unpaired) electrons. The third kappa shape index (κ3) is 3.47. The number of rotatable bonds is 2. The second kappa shape index (κ2) is 5.05. The molecule has 1 aliphatic rings. The van der Waals surface area contributed by atoms with Gasteiger partial charge in [0.15, 0.2) is 11.6 Å². The summed E-state index contributed by atoms with van der Waals surface area (Å²) in [5.41, 5.74) is -0.642. The Morgan fingerprint density at radius 1 is 1.65 bits per heavy atom. The smallest absolute Gasteiger partial charge is 0.338 e. The Kier molecular flexibility index (Phi) is 3.73. The van der Waals surface area contributed by atoms with Gasteiger partial charge in [-0.2, -0.15) is 8.78 Å². The first-order chi connectivity index (χ1) is 9.18. The fraction of sp³-hybridized carbons (Fsp3) is 0.500. The SMILES string of the molecule is CC1(C)CN(C(=O)NCC(F)(F)Cl)c2ncccc2O1. The molecule has 110 valence electrons. The molecular formula is C12H14ClF2N3O2. The van der Waals surface area contributed by atoms with Crippen molar-refractivity contribution in [2.45, 2.75) is 24.8 Å². The first kappa shape index (κ1) is 14.8. The maximum absolute atomic E-state index is 12.6. The first-order valence-electron chi connectivity index (χ1n) is 5.94. The van der Waals surface area contributed by atoms with Crippen LogP contribution in [0.4, 0.5) is 19.4 Å². The number of amides is 2. The Labute approximate surface area is 119 Å². The van der Waals surface area contributed by atoms with Gasteiger partial charge in [-0.1, -0.05) is 0 Å². The summed E-state index contributed by atoms with van der Waals surface area (Å²) in [4.78, 5) is 17.3. The molecule has 0 aliphatic carbocycles.